The first-order valence-corrected chi connectivity index (χ1v) is 5.63. The predicted molar refractivity (Wildman–Crippen MR) is 68.1 cm³/mol. The van der Waals surface area contributed by atoms with Crippen LogP contribution in [0.15, 0.2) is 30.5 Å². The van der Waals surface area contributed by atoms with Gasteiger partial charge in [-0.05, 0) is 30.7 Å². The molecule has 0 saturated carbocycles. The Bertz CT molecular complexity index is 638. The maximum Gasteiger partial charge on any atom is 0.433 e. The van der Waals surface area contributed by atoms with E-state index in [1.165, 1.54) is 12.1 Å². The average Bonchev–Trinajstić information content (AvgIpc) is 2.33. The first-order chi connectivity index (χ1) is 9.27. The molecule has 0 aliphatic rings. The molecule has 0 bridgehead atoms. The number of aryl methyl sites for hydroxylation is 1. The molecule has 2 aromatic rings. The number of nitrogen functional groups attached to an aromatic ring is 1. The van der Waals surface area contributed by atoms with Gasteiger partial charge in [0.05, 0.1) is 23.3 Å². The molecular formula is C13H11F4N3. The molecule has 20 heavy (non-hydrogen) atoms. The van der Waals surface area contributed by atoms with E-state index in [-0.39, 0.29) is 17.1 Å². The summed E-state index contributed by atoms with van der Waals surface area (Å²) >= 11 is 0. The Morgan fingerprint density at radius 1 is 1.15 bits per heavy atom. The Balaban J connectivity index is 2.38. The number of benzene rings is 1. The summed E-state index contributed by atoms with van der Waals surface area (Å²) in [6.45, 7) is 1.70. The highest BCUT2D eigenvalue weighted by Crippen LogP contribution is 2.32. The van der Waals surface area contributed by atoms with E-state index in [0.717, 1.165) is 12.3 Å². The minimum absolute atomic E-state index is 0.00188. The van der Waals surface area contributed by atoms with Gasteiger partial charge in [-0.2, -0.15) is 13.2 Å². The van der Waals surface area contributed by atoms with Gasteiger partial charge < -0.3 is 11.1 Å². The second-order valence-electron chi connectivity index (χ2n) is 4.26. The van der Waals surface area contributed by atoms with Crippen molar-refractivity contribution in [3.05, 3.63) is 47.5 Å². The van der Waals surface area contributed by atoms with Crippen molar-refractivity contribution in [3.8, 4) is 0 Å². The van der Waals surface area contributed by atoms with Crippen LogP contribution >= 0.6 is 0 Å². The number of rotatable bonds is 2. The highest BCUT2D eigenvalue weighted by atomic mass is 19.4. The van der Waals surface area contributed by atoms with Crippen LogP contribution in [0.1, 0.15) is 11.3 Å². The maximum absolute atomic E-state index is 13.7. The molecule has 2 rings (SSSR count). The van der Waals surface area contributed by atoms with Gasteiger partial charge in [-0.15, -0.1) is 0 Å². The van der Waals surface area contributed by atoms with Crippen molar-refractivity contribution in [2.24, 2.45) is 0 Å². The normalized spacial score (nSPS) is 11.4. The van der Waals surface area contributed by atoms with Crippen LogP contribution in [0.5, 0.6) is 0 Å². The molecule has 7 heteroatoms. The molecule has 0 spiro atoms. The van der Waals surface area contributed by atoms with Crippen molar-refractivity contribution < 1.29 is 17.6 Å². The Hall–Kier alpha value is -2.31. The number of pyridine rings is 1. The molecule has 1 heterocycles. The quantitative estimate of drug-likeness (QED) is 0.823. The lowest BCUT2D eigenvalue weighted by atomic mass is 10.2. The summed E-state index contributed by atoms with van der Waals surface area (Å²) in [6, 6.07) is 5.07. The summed E-state index contributed by atoms with van der Waals surface area (Å²) < 4.78 is 51.4. The summed E-state index contributed by atoms with van der Waals surface area (Å²) in [5, 5.41) is 2.54. The average molecular weight is 285 g/mol. The van der Waals surface area contributed by atoms with Gasteiger partial charge in [0, 0.05) is 0 Å². The molecule has 0 unspecified atom stereocenters. The van der Waals surface area contributed by atoms with Gasteiger partial charge in [-0.1, -0.05) is 6.07 Å². The van der Waals surface area contributed by atoms with Gasteiger partial charge in [0.15, 0.2) is 0 Å². The molecule has 0 aliphatic heterocycles. The lowest BCUT2D eigenvalue weighted by molar-refractivity contribution is -0.141. The number of aromatic nitrogens is 1. The van der Waals surface area contributed by atoms with E-state index in [2.05, 4.69) is 10.3 Å². The van der Waals surface area contributed by atoms with Crippen molar-refractivity contribution in [1.82, 2.24) is 4.98 Å². The highest BCUT2D eigenvalue weighted by Gasteiger charge is 2.33. The summed E-state index contributed by atoms with van der Waals surface area (Å²) in [6.07, 6.45) is -3.70. The van der Waals surface area contributed by atoms with Crippen molar-refractivity contribution in [2.45, 2.75) is 13.1 Å². The Labute approximate surface area is 112 Å². The molecular weight excluding hydrogens is 274 g/mol. The summed E-state index contributed by atoms with van der Waals surface area (Å²) in [5.41, 5.74) is 5.15. The zero-order valence-electron chi connectivity index (χ0n) is 10.4. The fourth-order valence-corrected chi connectivity index (χ4v) is 1.60. The van der Waals surface area contributed by atoms with Crippen LogP contribution in [-0.4, -0.2) is 4.98 Å². The standard InChI is InChI=1S/C13H11F4N3/c1-7-2-3-10(8(14)4-7)20-11-5-12(13(15,16)17)19-6-9(11)18/h2-6H,18H2,1H3,(H,19,20). The molecule has 106 valence electrons. The van der Waals surface area contributed by atoms with E-state index in [4.69, 9.17) is 5.73 Å². The van der Waals surface area contributed by atoms with Gasteiger partial charge in [-0.3, -0.25) is 0 Å². The number of alkyl halides is 3. The molecule has 0 radical (unpaired) electrons. The van der Waals surface area contributed by atoms with Crippen LogP contribution in [0.25, 0.3) is 0 Å². The van der Waals surface area contributed by atoms with Gasteiger partial charge >= 0.3 is 6.18 Å². The van der Waals surface area contributed by atoms with Gasteiger partial charge in [0.2, 0.25) is 0 Å². The minimum atomic E-state index is -4.59. The Kier molecular flexibility index (Phi) is 3.52. The van der Waals surface area contributed by atoms with E-state index >= 15 is 0 Å². The number of hydrogen-bond acceptors (Lipinski definition) is 3. The smallest absolute Gasteiger partial charge is 0.396 e. The highest BCUT2D eigenvalue weighted by molar-refractivity contribution is 5.72. The first kappa shape index (κ1) is 14.1. The molecule has 0 atom stereocenters. The van der Waals surface area contributed by atoms with Crippen molar-refractivity contribution in [3.63, 3.8) is 0 Å². The lowest BCUT2D eigenvalue weighted by Crippen LogP contribution is -2.09. The molecule has 0 aliphatic carbocycles. The number of nitrogens with one attached hydrogen (secondary N) is 1. The van der Waals surface area contributed by atoms with Crippen LogP contribution < -0.4 is 11.1 Å². The predicted octanol–water partition coefficient (Wildman–Crippen LogP) is 3.87. The summed E-state index contributed by atoms with van der Waals surface area (Å²) in [7, 11) is 0. The van der Waals surface area contributed by atoms with Crippen LogP contribution in [0, 0.1) is 12.7 Å². The Morgan fingerprint density at radius 3 is 2.45 bits per heavy atom. The molecule has 3 nitrogen and oxygen atoms in total. The number of nitrogens with two attached hydrogens (primary N) is 1. The molecule has 1 aromatic heterocycles. The van der Waals surface area contributed by atoms with E-state index in [0.29, 0.717) is 5.56 Å². The number of hydrogen-bond donors (Lipinski definition) is 2. The first-order valence-electron chi connectivity index (χ1n) is 5.63. The van der Waals surface area contributed by atoms with Crippen LogP contribution in [0.3, 0.4) is 0 Å². The SMILES string of the molecule is Cc1ccc(Nc2cc(C(F)(F)F)ncc2N)c(F)c1. The third-order valence-corrected chi connectivity index (χ3v) is 2.62. The third kappa shape index (κ3) is 2.98. The van der Waals surface area contributed by atoms with Gasteiger partial charge in [0.25, 0.3) is 0 Å². The van der Waals surface area contributed by atoms with Gasteiger partial charge in [0.1, 0.15) is 11.5 Å². The van der Waals surface area contributed by atoms with Gasteiger partial charge in [-0.25, -0.2) is 9.37 Å². The molecule has 0 amide bonds. The van der Waals surface area contributed by atoms with Crippen LogP contribution in [0.2, 0.25) is 0 Å². The minimum Gasteiger partial charge on any atom is -0.396 e. The summed E-state index contributed by atoms with van der Waals surface area (Å²) in [4.78, 5) is 3.20. The monoisotopic (exact) mass is 285 g/mol. The van der Waals surface area contributed by atoms with Crippen molar-refractivity contribution in [2.75, 3.05) is 11.1 Å². The lowest BCUT2D eigenvalue weighted by Gasteiger charge is -2.13. The van der Waals surface area contributed by atoms with Crippen molar-refractivity contribution >= 4 is 17.1 Å². The number of anilines is 3. The second-order valence-corrected chi connectivity index (χ2v) is 4.26. The van der Waals surface area contributed by atoms with Crippen LogP contribution in [0.4, 0.5) is 34.6 Å². The van der Waals surface area contributed by atoms with E-state index < -0.39 is 17.7 Å². The largest absolute Gasteiger partial charge is 0.433 e. The topological polar surface area (TPSA) is 50.9 Å². The molecule has 0 saturated heterocycles. The summed E-state index contributed by atoms with van der Waals surface area (Å²) in [5.74, 6) is -0.574. The zero-order valence-corrected chi connectivity index (χ0v) is 10.4. The maximum atomic E-state index is 13.7. The third-order valence-electron chi connectivity index (χ3n) is 2.62. The van der Waals surface area contributed by atoms with E-state index in [1.807, 2.05) is 0 Å². The van der Waals surface area contributed by atoms with E-state index in [1.54, 1.807) is 13.0 Å². The fourth-order valence-electron chi connectivity index (χ4n) is 1.60. The molecule has 3 N–H and O–H groups in total. The Morgan fingerprint density at radius 2 is 1.85 bits per heavy atom. The molecule has 1 aromatic carbocycles. The molecule has 0 fully saturated rings. The number of halogens is 4. The van der Waals surface area contributed by atoms with Crippen LogP contribution in [-0.2, 0) is 6.18 Å². The zero-order chi connectivity index (χ0) is 14.9. The van der Waals surface area contributed by atoms with E-state index in [9.17, 15) is 17.6 Å². The second kappa shape index (κ2) is 4.99. The fraction of sp³-hybridized carbons (Fsp3) is 0.154. The van der Waals surface area contributed by atoms with Crippen molar-refractivity contribution in [1.29, 1.82) is 0 Å². The number of nitrogens with zero attached hydrogens (tertiary/aromatic N) is 1.